The third-order valence-electron chi connectivity index (χ3n) is 3.95. The van der Waals surface area contributed by atoms with E-state index >= 15 is 0 Å². The van der Waals surface area contributed by atoms with Gasteiger partial charge in [-0.2, -0.15) is 0 Å². The van der Waals surface area contributed by atoms with Crippen molar-refractivity contribution in [1.82, 2.24) is 10.2 Å². The lowest BCUT2D eigenvalue weighted by molar-refractivity contribution is 0.0519. The largest absolute Gasteiger partial charge is 0.444 e. The van der Waals surface area contributed by atoms with Crippen LogP contribution >= 0.6 is 0 Å². The first-order valence-electron chi connectivity index (χ1n) is 8.31. The second kappa shape index (κ2) is 7.66. The summed E-state index contributed by atoms with van der Waals surface area (Å²) in [6.45, 7) is 8.97. The summed E-state index contributed by atoms with van der Waals surface area (Å²) in [5.74, 6) is 0.0263. The summed E-state index contributed by atoms with van der Waals surface area (Å²) < 4.78 is 5.25. The Morgan fingerprint density at radius 3 is 2.54 bits per heavy atom. The van der Waals surface area contributed by atoms with Gasteiger partial charge in [0, 0.05) is 25.2 Å². The van der Waals surface area contributed by atoms with E-state index in [0.717, 1.165) is 31.6 Å². The number of primary amides is 1. The molecule has 132 valence electrons. The molecule has 24 heavy (non-hydrogen) atoms. The van der Waals surface area contributed by atoms with Gasteiger partial charge in [0.25, 0.3) is 0 Å². The lowest BCUT2D eigenvalue weighted by Crippen LogP contribution is -2.35. The molecule has 0 spiro atoms. The molecule has 1 heterocycles. The monoisotopic (exact) mass is 333 g/mol. The molecule has 1 aromatic rings. The number of rotatable bonds is 5. The van der Waals surface area contributed by atoms with Gasteiger partial charge in [-0.25, -0.2) is 4.79 Å². The molecule has 0 unspecified atom stereocenters. The molecule has 3 N–H and O–H groups in total. The highest BCUT2D eigenvalue weighted by Gasteiger charge is 2.24. The molecule has 0 saturated carbocycles. The SMILES string of the molecule is CC(C)(C)OC(=O)NC[C@H]1CCN(Cc2ccc(C(N)=O)cc2)C1. The third kappa shape index (κ3) is 5.85. The van der Waals surface area contributed by atoms with Crippen molar-refractivity contribution >= 4 is 12.0 Å². The molecule has 2 amide bonds. The highest BCUT2D eigenvalue weighted by atomic mass is 16.6. The number of alkyl carbamates (subject to hydrolysis) is 1. The Bertz CT molecular complexity index is 578. The summed E-state index contributed by atoms with van der Waals surface area (Å²) >= 11 is 0. The molecule has 1 saturated heterocycles. The van der Waals surface area contributed by atoms with Crippen molar-refractivity contribution in [1.29, 1.82) is 0 Å². The van der Waals surface area contributed by atoms with Crippen LogP contribution in [0.1, 0.15) is 43.1 Å². The maximum atomic E-state index is 11.7. The average Bonchev–Trinajstić information content (AvgIpc) is 2.91. The van der Waals surface area contributed by atoms with Gasteiger partial charge in [-0.05, 0) is 57.4 Å². The summed E-state index contributed by atoms with van der Waals surface area (Å²) in [6.07, 6.45) is 0.692. The fraction of sp³-hybridized carbons (Fsp3) is 0.556. The van der Waals surface area contributed by atoms with Crippen molar-refractivity contribution in [2.45, 2.75) is 39.3 Å². The molecule has 1 aliphatic heterocycles. The van der Waals surface area contributed by atoms with Crippen molar-refractivity contribution in [2.24, 2.45) is 11.7 Å². The zero-order chi connectivity index (χ0) is 17.7. The fourth-order valence-electron chi connectivity index (χ4n) is 2.80. The van der Waals surface area contributed by atoms with Gasteiger partial charge >= 0.3 is 6.09 Å². The molecule has 6 heteroatoms. The number of amides is 2. The van der Waals surface area contributed by atoms with E-state index in [1.807, 2.05) is 32.9 Å². The van der Waals surface area contributed by atoms with Crippen molar-refractivity contribution < 1.29 is 14.3 Å². The summed E-state index contributed by atoms with van der Waals surface area (Å²) in [7, 11) is 0. The molecule has 0 bridgehead atoms. The minimum atomic E-state index is -0.469. The molecular formula is C18H27N3O3. The van der Waals surface area contributed by atoms with Gasteiger partial charge in [0.15, 0.2) is 0 Å². The molecule has 0 aromatic heterocycles. The second-order valence-corrected chi connectivity index (χ2v) is 7.33. The minimum absolute atomic E-state index is 0.358. The topological polar surface area (TPSA) is 84.7 Å². The molecule has 1 aliphatic rings. The molecule has 0 radical (unpaired) electrons. The third-order valence-corrected chi connectivity index (χ3v) is 3.95. The number of nitrogens with two attached hydrogens (primary N) is 1. The van der Waals surface area contributed by atoms with E-state index in [2.05, 4.69) is 10.2 Å². The maximum absolute atomic E-state index is 11.7. The van der Waals surface area contributed by atoms with Crippen molar-refractivity contribution in [3.05, 3.63) is 35.4 Å². The molecule has 1 aromatic carbocycles. The number of benzene rings is 1. The van der Waals surface area contributed by atoms with Crippen LogP contribution in [0.3, 0.4) is 0 Å². The van der Waals surface area contributed by atoms with Gasteiger partial charge in [-0.15, -0.1) is 0 Å². The number of carbonyl (C=O) groups excluding carboxylic acids is 2. The predicted molar refractivity (Wildman–Crippen MR) is 92.6 cm³/mol. The maximum Gasteiger partial charge on any atom is 0.407 e. The molecular weight excluding hydrogens is 306 g/mol. The van der Waals surface area contributed by atoms with Crippen LogP contribution in [0.15, 0.2) is 24.3 Å². The van der Waals surface area contributed by atoms with Crippen LogP contribution in [-0.4, -0.2) is 42.1 Å². The molecule has 1 atom stereocenters. The summed E-state index contributed by atoms with van der Waals surface area (Å²) in [5.41, 5.74) is 6.46. The van der Waals surface area contributed by atoms with Crippen molar-refractivity contribution in [3.8, 4) is 0 Å². The molecule has 0 aliphatic carbocycles. The Balaban J connectivity index is 1.75. The van der Waals surface area contributed by atoms with E-state index in [1.54, 1.807) is 12.1 Å². The van der Waals surface area contributed by atoms with Crippen molar-refractivity contribution in [2.75, 3.05) is 19.6 Å². The summed E-state index contributed by atoms with van der Waals surface area (Å²) in [6, 6.07) is 7.39. The van der Waals surface area contributed by atoms with Gasteiger partial charge < -0.3 is 15.8 Å². The van der Waals surface area contributed by atoms with Crippen LogP contribution in [0, 0.1) is 5.92 Å². The quantitative estimate of drug-likeness (QED) is 0.864. The first-order valence-corrected chi connectivity index (χ1v) is 8.31. The van der Waals surface area contributed by atoms with Gasteiger partial charge in [-0.1, -0.05) is 12.1 Å². The van der Waals surface area contributed by atoms with Gasteiger partial charge in [0.2, 0.25) is 5.91 Å². The number of hydrogen-bond donors (Lipinski definition) is 2. The average molecular weight is 333 g/mol. The van der Waals surface area contributed by atoms with Crippen LogP contribution in [0.5, 0.6) is 0 Å². The van der Waals surface area contributed by atoms with E-state index < -0.39 is 11.5 Å². The first kappa shape index (κ1) is 18.3. The van der Waals surface area contributed by atoms with E-state index in [4.69, 9.17) is 10.5 Å². The smallest absolute Gasteiger partial charge is 0.407 e. The number of likely N-dealkylation sites (tertiary alicyclic amines) is 1. The summed E-state index contributed by atoms with van der Waals surface area (Å²) in [5, 5.41) is 2.85. The predicted octanol–water partition coefficient (Wildman–Crippen LogP) is 2.13. The zero-order valence-corrected chi connectivity index (χ0v) is 14.7. The standard InChI is InChI=1S/C18H27N3O3/c1-18(2,3)24-17(23)20-10-14-8-9-21(12-14)11-13-4-6-15(7-5-13)16(19)22/h4-7,14H,8-12H2,1-3H3,(H2,19,22)(H,20,23)/t14-/m1/s1. The zero-order valence-electron chi connectivity index (χ0n) is 14.7. The number of ether oxygens (including phenoxy) is 1. The van der Waals surface area contributed by atoms with Crippen molar-refractivity contribution in [3.63, 3.8) is 0 Å². The highest BCUT2D eigenvalue weighted by Crippen LogP contribution is 2.18. The number of hydrogen-bond acceptors (Lipinski definition) is 4. The lowest BCUT2D eigenvalue weighted by atomic mass is 10.1. The van der Waals surface area contributed by atoms with Gasteiger partial charge in [0.1, 0.15) is 5.60 Å². The lowest BCUT2D eigenvalue weighted by Gasteiger charge is -2.21. The van der Waals surface area contributed by atoms with Crippen LogP contribution in [-0.2, 0) is 11.3 Å². The fourth-order valence-corrected chi connectivity index (χ4v) is 2.80. The van der Waals surface area contributed by atoms with Crippen LogP contribution < -0.4 is 11.1 Å². The van der Waals surface area contributed by atoms with E-state index in [9.17, 15) is 9.59 Å². The van der Waals surface area contributed by atoms with Crippen LogP contribution in [0.4, 0.5) is 4.79 Å². The highest BCUT2D eigenvalue weighted by molar-refractivity contribution is 5.92. The van der Waals surface area contributed by atoms with E-state index in [-0.39, 0.29) is 6.09 Å². The first-order chi connectivity index (χ1) is 11.2. The Hall–Kier alpha value is -2.08. The Labute approximate surface area is 143 Å². The van der Waals surface area contributed by atoms with Crippen LogP contribution in [0.2, 0.25) is 0 Å². The molecule has 2 rings (SSSR count). The molecule has 1 fully saturated rings. The van der Waals surface area contributed by atoms with Gasteiger partial charge in [-0.3, -0.25) is 9.69 Å². The van der Waals surface area contributed by atoms with Gasteiger partial charge in [0.05, 0.1) is 0 Å². The molecule has 6 nitrogen and oxygen atoms in total. The summed E-state index contributed by atoms with van der Waals surface area (Å²) in [4.78, 5) is 25.1. The Kier molecular flexibility index (Phi) is 5.83. The Morgan fingerprint density at radius 1 is 1.29 bits per heavy atom. The second-order valence-electron chi connectivity index (χ2n) is 7.33. The number of nitrogens with zero attached hydrogens (tertiary/aromatic N) is 1. The number of nitrogens with one attached hydrogen (secondary N) is 1. The normalized spacial score (nSPS) is 18.4. The number of carbonyl (C=O) groups is 2. The Morgan fingerprint density at radius 2 is 1.96 bits per heavy atom. The van der Waals surface area contributed by atoms with Crippen LogP contribution in [0.25, 0.3) is 0 Å². The van der Waals surface area contributed by atoms with E-state index in [1.165, 1.54) is 0 Å². The minimum Gasteiger partial charge on any atom is -0.444 e. The van der Waals surface area contributed by atoms with E-state index in [0.29, 0.717) is 18.0 Å².